The van der Waals surface area contributed by atoms with Crippen molar-refractivity contribution in [3.8, 4) is 0 Å². The number of rotatable bonds is 4. The Hall–Kier alpha value is -1.51. The summed E-state index contributed by atoms with van der Waals surface area (Å²) < 4.78 is 45.8. The number of carbonyl (C=O) groups excluding carboxylic acids is 1. The molecule has 1 amide bonds. The average Bonchev–Trinajstić information content (AvgIpc) is 3.26. The van der Waals surface area contributed by atoms with E-state index in [9.17, 15) is 17.6 Å². The number of hydrogen-bond donors (Lipinski definition) is 0. The molecule has 3 atom stereocenters. The third kappa shape index (κ3) is 3.07. The Balaban J connectivity index is 1.47. The molecular formula is C17H21FN2O4S. The molecule has 136 valence electrons. The molecule has 3 aliphatic heterocycles. The highest BCUT2D eigenvalue weighted by molar-refractivity contribution is 7.89. The second kappa shape index (κ2) is 6.34. The number of benzene rings is 1. The van der Waals surface area contributed by atoms with Crippen LogP contribution in [0.25, 0.3) is 0 Å². The molecule has 3 fully saturated rings. The molecule has 1 aromatic rings. The van der Waals surface area contributed by atoms with E-state index in [1.165, 1.54) is 16.4 Å². The Bertz CT molecular complexity index is 767. The van der Waals surface area contributed by atoms with Gasteiger partial charge in [-0.2, -0.15) is 4.31 Å². The fourth-order valence-corrected chi connectivity index (χ4v) is 5.57. The van der Waals surface area contributed by atoms with Crippen molar-refractivity contribution in [1.29, 1.82) is 0 Å². The zero-order valence-electron chi connectivity index (χ0n) is 13.8. The summed E-state index contributed by atoms with van der Waals surface area (Å²) in [5.74, 6) is -0.0164. The number of carbonyl (C=O) groups is 1. The van der Waals surface area contributed by atoms with Gasteiger partial charge in [0.1, 0.15) is 5.82 Å². The van der Waals surface area contributed by atoms with E-state index in [-0.39, 0.29) is 28.7 Å². The molecule has 3 saturated heterocycles. The summed E-state index contributed by atoms with van der Waals surface area (Å²) in [6.07, 6.45) is 1.37. The van der Waals surface area contributed by atoms with Gasteiger partial charge in [-0.3, -0.25) is 4.79 Å². The number of ether oxygens (including phenoxy) is 1. The first-order valence-electron chi connectivity index (χ1n) is 8.60. The summed E-state index contributed by atoms with van der Waals surface area (Å²) in [6, 6.07) is 4.89. The Kier molecular flexibility index (Phi) is 4.29. The standard InChI is InChI=1S/C17H21FN2O4S/c18-13-3-5-14(6-4-13)25(22,23)20-9-15-12(11-24-16(15)10-20)8-19-7-1-2-17(19)21/h3-6,12,15-16H,1-2,7-11H2/t12-,15+,16+/m0/s1. The van der Waals surface area contributed by atoms with Gasteiger partial charge in [-0.1, -0.05) is 0 Å². The van der Waals surface area contributed by atoms with Gasteiger partial charge in [-0.25, -0.2) is 12.8 Å². The third-order valence-corrected chi connectivity index (χ3v) is 7.33. The number of amides is 1. The van der Waals surface area contributed by atoms with E-state index in [0.717, 1.165) is 25.1 Å². The van der Waals surface area contributed by atoms with Crippen LogP contribution in [0.1, 0.15) is 12.8 Å². The molecule has 0 bridgehead atoms. The molecule has 0 radical (unpaired) electrons. The molecule has 1 aromatic carbocycles. The highest BCUT2D eigenvalue weighted by Gasteiger charge is 2.48. The first-order valence-corrected chi connectivity index (χ1v) is 10.0. The lowest BCUT2D eigenvalue weighted by atomic mass is 9.93. The van der Waals surface area contributed by atoms with Crippen LogP contribution in [0, 0.1) is 17.7 Å². The number of halogens is 1. The van der Waals surface area contributed by atoms with E-state index in [0.29, 0.717) is 32.7 Å². The van der Waals surface area contributed by atoms with Gasteiger partial charge in [-0.15, -0.1) is 0 Å². The van der Waals surface area contributed by atoms with Gasteiger partial charge in [0.05, 0.1) is 17.6 Å². The second-order valence-corrected chi connectivity index (χ2v) is 8.95. The SMILES string of the molecule is O=C1CCCN1C[C@H]1CO[C@@H]2CN(S(=O)(=O)c3ccc(F)cc3)C[C@H]12. The van der Waals surface area contributed by atoms with Crippen LogP contribution in [0.15, 0.2) is 29.2 Å². The van der Waals surface area contributed by atoms with Crippen molar-refractivity contribution in [2.75, 3.05) is 32.8 Å². The number of nitrogens with zero attached hydrogens (tertiary/aromatic N) is 2. The van der Waals surface area contributed by atoms with E-state index >= 15 is 0 Å². The molecule has 0 aromatic heterocycles. The lowest BCUT2D eigenvalue weighted by Crippen LogP contribution is -2.36. The highest BCUT2D eigenvalue weighted by Crippen LogP contribution is 2.37. The van der Waals surface area contributed by atoms with Gasteiger partial charge in [0.15, 0.2) is 0 Å². The number of likely N-dealkylation sites (tertiary alicyclic amines) is 1. The van der Waals surface area contributed by atoms with Crippen molar-refractivity contribution in [1.82, 2.24) is 9.21 Å². The summed E-state index contributed by atoms with van der Waals surface area (Å²) in [5, 5.41) is 0. The Labute approximate surface area is 146 Å². The number of hydrogen-bond acceptors (Lipinski definition) is 4. The largest absolute Gasteiger partial charge is 0.376 e. The minimum Gasteiger partial charge on any atom is -0.376 e. The molecule has 0 aliphatic carbocycles. The predicted molar refractivity (Wildman–Crippen MR) is 87.7 cm³/mol. The molecule has 6 nitrogen and oxygen atoms in total. The lowest BCUT2D eigenvalue weighted by Gasteiger charge is -2.24. The maximum atomic E-state index is 13.1. The average molecular weight is 368 g/mol. The summed E-state index contributed by atoms with van der Waals surface area (Å²) in [4.78, 5) is 13.8. The Morgan fingerprint density at radius 3 is 2.64 bits per heavy atom. The highest BCUT2D eigenvalue weighted by atomic mass is 32.2. The number of fused-ring (bicyclic) bond motifs is 1. The van der Waals surface area contributed by atoms with Gasteiger partial charge in [0, 0.05) is 44.4 Å². The van der Waals surface area contributed by atoms with Crippen molar-refractivity contribution in [3.63, 3.8) is 0 Å². The zero-order chi connectivity index (χ0) is 17.6. The lowest BCUT2D eigenvalue weighted by molar-refractivity contribution is -0.128. The topological polar surface area (TPSA) is 66.9 Å². The minimum absolute atomic E-state index is 0.0974. The van der Waals surface area contributed by atoms with E-state index in [1.807, 2.05) is 4.90 Å². The van der Waals surface area contributed by atoms with Crippen molar-refractivity contribution in [2.24, 2.45) is 11.8 Å². The van der Waals surface area contributed by atoms with Crippen LogP contribution in [0.4, 0.5) is 4.39 Å². The summed E-state index contributed by atoms with van der Waals surface area (Å²) >= 11 is 0. The van der Waals surface area contributed by atoms with Crippen LogP contribution in [-0.4, -0.2) is 62.4 Å². The molecule has 25 heavy (non-hydrogen) atoms. The maximum Gasteiger partial charge on any atom is 0.243 e. The van der Waals surface area contributed by atoms with Crippen LogP contribution in [0.5, 0.6) is 0 Å². The molecule has 0 N–H and O–H groups in total. The fraction of sp³-hybridized carbons (Fsp3) is 0.588. The smallest absolute Gasteiger partial charge is 0.243 e. The zero-order valence-corrected chi connectivity index (χ0v) is 14.6. The number of sulfonamides is 1. The van der Waals surface area contributed by atoms with Gasteiger partial charge in [0.25, 0.3) is 0 Å². The van der Waals surface area contributed by atoms with Gasteiger partial charge >= 0.3 is 0 Å². The minimum atomic E-state index is -3.65. The van der Waals surface area contributed by atoms with Crippen LogP contribution >= 0.6 is 0 Å². The van der Waals surface area contributed by atoms with Crippen molar-refractivity contribution >= 4 is 15.9 Å². The molecular weight excluding hydrogens is 347 g/mol. The van der Waals surface area contributed by atoms with Gasteiger partial charge < -0.3 is 9.64 Å². The van der Waals surface area contributed by atoms with Crippen molar-refractivity contribution < 1.29 is 22.3 Å². The maximum absolute atomic E-state index is 13.1. The molecule has 0 spiro atoms. The first kappa shape index (κ1) is 16.9. The summed E-state index contributed by atoms with van der Waals surface area (Å²) in [6.45, 7) is 2.70. The van der Waals surface area contributed by atoms with Gasteiger partial charge in [0.2, 0.25) is 15.9 Å². The summed E-state index contributed by atoms with van der Waals surface area (Å²) in [7, 11) is -3.65. The van der Waals surface area contributed by atoms with Crippen LogP contribution in [0.3, 0.4) is 0 Å². The van der Waals surface area contributed by atoms with E-state index in [1.54, 1.807) is 0 Å². The quantitative estimate of drug-likeness (QED) is 0.798. The van der Waals surface area contributed by atoms with Crippen LogP contribution in [0.2, 0.25) is 0 Å². The Morgan fingerprint density at radius 1 is 1.20 bits per heavy atom. The third-order valence-electron chi connectivity index (χ3n) is 5.48. The Morgan fingerprint density at radius 2 is 1.96 bits per heavy atom. The summed E-state index contributed by atoms with van der Waals surface area (Å²) in [5.41, 5.74) is 0. The molecule has 3 heterocycles. The predicted octanol–water partition coefficient (Wildman–Crippen LogP) is 1.08. The van der Waals surface area contributed by atoms with Gasteiger partial charge in [-0.05, 0) is 30.7 Å². The van der Waals surface area contributed by atoms with E-state index in [4.69, 9.17) is 4.74 Å². The van der Waals surface area contributed by atoms with Crippen LogP contribution < -0.4 is 0 Å². The molecule has 3 aliphatic rings. The molecule has 0 unspecified atom stereocenters. The second-order valence-electron chi connectivity index (χ2n) is 7.01. The monoisotopic (exact) mass is 368 g/mol. The first-order chi connectivity index (χ1) is 11.9. The molecule has 0 saturated carbocycles. The normalized spacial score (nSPS) is 30.2. The van der Waals surface area contributed by atoms with Crippen molar-refractivity contribution in [2.45, 2.75) is 23.8 Å². The van der Waals surface area contributed by atoms with Crippen molar-refractivity contribution in [3.05, 3.63) is 30.1 Å². The molecule has 8 heteroatoms. The molecule has 4 rings (SSSR count). The van der Waals surface area contributed by atoms with Crippen LogP contribution in [-0.2, 0) is 19.6 Å². The van der Waals surface area contributed by atoms with E-state index < -0.39 is 15.8 Å². The fourth-order valence-electron chi connectivity index (χ4n) is 4.08. The van der Waals surface area contributed by atoms with E-state index in [2.05, 4.69) is 0 Å².